The molecule has 0 aromatic heterocycles. The zero-order valence-electron chi connectivity index (χ0n) is 36.9. The van der Waals surface area contributed by atoms with Crippen LogP contribution in [0.25, 0.3) is 0 Å². The zero-order valence-corrected chi connectivity index (χ0v) is 36.9. The molecule has 2 unspecified atom stereocenters. The molecule has 326 valence electrons. The predicted molar refractivity (Wildman–Crippen MR) is 240 cm³/mol. The Balaban J connectivity index is 1.79. The van der Waals surface area contributed by atoms with Crippen LogP contribution in [0.4, 0.5) is 11.4 Å². The number of carbonyl (C=O) groups excluding carboxylic acids is 2. The van der Waals surface area contributed by atoms with Crippen LogP contribution in [0.2, 0.25) is 0 Å². The monoisotopic (exact) mass is 803 g/mol. The van der Waals surface area contributed by atoms with E-state index in [1.54, 1.807) is 48.5 Å². The largest absolute Gasteiger partial charge is 0.462 e. The zero-order chi connectivity index (χ0) is 41.7. The number of hydrogen-bond donors (Lipinski definition) is 2. The maximum absolute atomic E-state index is 12.4. The summed E-state index contributed by atoms with van der Waals surface area (Å²) in [5.41, 5.74) is 16.0. The van der Waals surface area contributed by atoms with Crippen LogP contribution in [-0.4, -0.2) is 25.2 Å². The second kappa shape index (κ2) is 35.5. The van der Waals surface area contributed by atoms with Crippen molar-refractivity contribution in [2.45, 2.75) is 206 Å². The van der Waals surface area contributed by atoms with Crippen molar-refractivity contribution in [2.24, 2.45) is 22.1 Å². The van der Waals surface area contributed by atoms with Crippen molar-refractivity contribution in [3.63, 3.8) is 0 Å². The Hall–Kier alpha value is -3.42. The van der Waals surface area contributed by atoms with Crippen LogP contribution in [-0.2, 0) is 9.47 Å². The van der Waals surface area contributed by atoms with Gasteiger partial charge in [-0.25, -0.2) is 20.7 Å². The molecule has 2 aromatic rings. The van der Waals surface area contributed by atoms with E-state index in [0.717, 1.165) is 37.5 Å². The minimum Gasteiger partial charge on any atom is -0.462 e. The van der Waals surface area contributed by atoms with E-state index in [9.17, 15) is 9.59 Å². The molecule has 0 radical (unpaired) electrons. The minimum atomic E-state index is -0.387. The fraction of sp³-hybridized carbons (Fsp3) is 0.720. The van der Waals surface area contributed by atoms with Crippen molar-refractivity contribution in [1.29, 1.82) is 11.1 Å². The van der Waals surface area contributed by atoms with E-state index in [-0.39, 0.29) is 11.9 Å². The molecule has 2 atom stereocenters. The Kier molecular flexibility index (Phi) is 31.1. The molecular weight excluding hydrogens is 721 g/mol. The number of para-hydroxylation sites is 2. The van der Waals surface area contributed by atoms with Crippen molar-refractivity contribution >= 4 is 23.3 Å². The van der Waals surface area contributed by atoms with Gasteiger partial charge in [0, 0.05) is 0 Å². The summed E-state index contributed by atoms with van der Waals surface area (Å²) in [5.74, 6) is 0.913. The first-order chi connectivity index (χ1) is 28.5. The van der Waals surface area contributed by atoms with Gasteiger partial charge in [0.05, 0.1) is 35.7 Å². The van der Waals surface area contributed by atoms with E-state index >= 15 is 0 Å². The van der Waals surface area contributed by atoms with Crippen LogP contribution in [0.1, 0.15) is 227 Å². The number of carbonyl (C=O) groups is 2. The third-order valence-corrected chi connectivity index (χ3v) is 11.9. The van der Waals surface area contributed by atoms with Crippen LogP contribution >= 0.6 is 0 Å². The SMILES string of the molecule is CCCCCCCCCC(CCCCCCCCOC(=O)c1ccccc1N=N)C(CCCCCCCCC)CCCCCCCCOC(=O)c1ccccc1N=N. The predicted octanol–water partition coefficient (Wildman–Crippen LogP) is 17.0. The van der Waals surface area contributed by atoms with Crippen molar-refractivity contribution in [2.75, 3.05) is 13.2 Å². The van der Waals surface area contributed by atoms with Gasteiger partial charge in [-0.15, -0.1) is 0 Å². The summed E-state index contributed by atoms with van der Waals surface area (Å²) in [5, 5.41) is 6.89. The Morgan fingerprint density at radius 1 is 0.431 bits per heavy atom. The van der Waals surface area contributed by atoms with Gasteiger partial charge in [0.2, 0.25) is 0 Å². The molecule has 8 heteroatoms. The molecule has 0 aliphatic carbocycles. The second-order valence-electron chi connectivity index (χ2n) is 16.7. The van der Waals surface area contributed by atoms with Gasteiger partial charge >= 0.3 is 11.9 Å². The first kappa shape index (κ1) is 50.7. The summed E-state index contributed by atoms with van der Waals surface area (Å²) >= 11 is 0. The molecule has 0 amide bonds. The number of ether oxygens (including phenoxy) is 2. The standard InChI is InChI=1S/C50H82N4O4/c1-3-5-7-9-11-17-23-33-43(35-25-19-13-15-21-31-41-57-49(55)45-37-27-29-39-47(45)53-51)44(34-24-18-12-10-8-6-4-2)36-26-20-14-16-22-32-42-58-50(56)46-38-28-30-40-48(46)54-52/h27-30,37-40,43-44,51-52H,3-26,31-36,41-42H2,1-2H3. The molecule has 0 bridgehead atoms. The van der Waals surface area contributed by atoms with Crippen LogP contribution in [0.3, 0.4) is 0 Å². The Morgan fingerprint density at radius 2 is 0.707 bits per heavy atom. The molecule has 0 heterocycles. The van der Waals surface area contributed by atoms with Gasteiger partial charge in [-0.3, -0.25) is 0 Å². The van der Waals surface area contributed by atoms with Crippen LogP contribution in [0.5, 0.6) is 0 Å². The minimum absolute atomic E-state index is 0.356. The van der Waals surface area contributed by atoms with E-state index in [1.165, 1.54) is 167 Å². The summed E-state index contributed by atoms with van der Waals surface area (Å²) in [6.45, 7) is 5.44. The highest BCUT2D eigenvalue weighted by Gasteiger charge is 2.21. The maximum atomic E-state index is 12.4. The topological polar surface area (TPSA) is 125 Å². The van der Waals surface area contributed by atoms with E-state index < -0.39 is 0 Å². The average molecular weight is 803 g/mol. The molecule has 0 spiro atoms. The van der Waals surface area contributed by atoms with Crippen molar-refractivity contribution in [3.05, 3.63) is 59.7 Å². The summed E-state index contributed by atoms with van der Waals surface area (Å²) in [6.07, 6.45) is 38.8. The van der Waals surface area contributed by atoms with Crippen LogP contribution < -0.4 is 0 Å². The molecule has 2 rings (SSSR count). The van der Waals surface area contributed by atoms with Gasteiger partial charge in [-0.2, -0.15) is 10.2 Å². The molecule has 58 heavy (non-hydrogen) atoms. The van der Waals surface area contributed by atoms with Crippen molar-refractivity contribution in [3.8, 4) is 0 Å². The fourth-order valence-electron chi connectivity index (χ4n) is 8.36. The number of hydrogen-bond acceptors (Lipinski definition) is 8. The van der Waals surface area contributed by atoms with Gasteiger partial charge in [-0.1, -0.05) is 218 Å². The van der Waals surface area contributed by atoms with Crippen molar-refractivity contribution < 1.29 is 19.1 Å². The number of rotatable bonds is 39. The molecule has 0 fully saturated rings. The van der Waals surface area contributed by atoms with E-state index in [4.69, 9.17) is 20.5 Å². The number of benzene rings is 2. The van der Waals surface area contributed by atoms with Crippen LogP contribution in [0, 0.1) is 22.9 Å². The van der Waals surface area contributed by atoms with Crippen LogP contribution in [0.15, 0.2) is 58.8 Å². The summed E-state index contributed by atoms with van der Waals surface area (Å²) in [4.78, 5) is 24.9. The normalized spacial score (nSPS) is 12.2. The smallest absolute Gasteiger partial charge is 0.340 e. The number of nitrogens with zero attached hydrogens (tertiary/aromatic N) is 2. The molecule has 2 aromatic carbocycles. The summed E-state index contributed by atoms with van der Waals surface area (Å²) in [6, 6.07) is 13.8. The van der Waals surface area contributed by atoms with E-state index in [1.807, 2.05) is 0 Å². The third-order valence-electron chi connectivity index (χ3n) is 11.9. The highest BCUT2D eigenvalue weighted by atomic mass is 16.5. The maximum Gasteiger partial charge on any atom is 0.340 e. The summed E-state index contributed by atoms with van der Waals surface area (Å²) < 4.78 is 11.0. The molecule has 8 nitrogen and oxygen atoms in total. The average Bonchev–Trinajstić information content (AvgIpc) is 3.25. The molecule has 0 saturated heterocycles. The lowest BCUT2D eigenvalue weighted by molar-refractivity contribution is 0.0489. The molecule has 0 aliphatic heterocycles. The lowest BCUT2D eigenvalue weighted by Crippen LogP contribution is -2.16. The first-order valence-electron chi connectivity index (χ1n) is 23.8. The van der Waals surface area contributed by atoms with Gasteiger partial charge in [0.25, 0.3) is 0 Å². The quantitative estimate of drug-likeness (QED) is 0.0396. The number of esters is 2. The highest BCUT2D eigenvalue weighted by molar-refractivity contribution is 5.95. The molecule has 2 N–H and O–H groups in total. The third kappa shape index (κ3) is 23.9. The Morgan fingerprint density at radius 3 is 1.02 bits per heavy atom. The molecule has 0 saturated carbocycles. The van der Waals surface area contributed by atoms with E-state index in [2.05, 4.69) is 24.1 Å². The number of unbranched alkanes of at least 4 members (excludes halogenated alkanes) is 22. The second-order valence-corrected chi connectivity index (χ2v) is 16.7. The fourth-order valence-corrected chi connectivity index (χ4v) is 8.36. The van der Waals surface area contributed by atoms with Gasteiger partial charge in [-0.05, 0) is 48.9 Å². The van der Waals surface area contributed by atoms with Gasteiger partial charge < -0.3 is 9.47 Å². The highest BCUT2D eigenvalue weighted by Crippen LogP contribution is 2.34. The van der Waals surface area contributed by atoms with Gasteiger partial charge in [0.1, 0.15) is 0 Å². The first-order valence-corrected chi connectivity index (χ1v) is 23.8. The van der Waals surface area contributed by atoms with Crippen molar-refractivity contribution in [1.82, 2.24) is 0 Å². The number of nitrogens with one attached hydrogen (secondary N) is 2. The van der Waals surface area contributed by atoms with E-state index in [0.29, 0.717) is 35.7 Å². The Bertz CT molecular complexity index is 1250. The molecular formula is C50H82N4O4. The lowest BCUT2D eigenvalue weighted by Gasteiger charge is -2.28. The lowest BCUT2D eigenvalue weighted by atomic mass is 9.78. The van der Waals surface area contributed by atoms with Gasteiger partial charge in [0.15, 0.2) is 0 Å². The Labute approximate surface area is 353 Å². The molecule has 0 aliphatic rings. The summed E-state index contributed by atoms with van der Waals surface area (Å²) in [7, 11) is 0.